The van der Waals surface area contributed by atoms with Gasteiger partial charge in [0.1, 0.15) is 11.6 Å². The molecule has 2 aromatic rings. The second-order valence-electron chi connectivity index (χ2n) is 10.3. The molecule has 1 saturated carbocycles. The van der Waals surface area contributed by atoms with E-state index in [1.54, 1.807) is 19.1 Å². The van der Waals surface area contributed by atoms with Gasteiger partial charge in [0.05, 0.1) is 33.9 Å². The van der Waals surface area contributed by atoms with Crippen molar-refractivity contribution in [2.75, 3.05) is 4.90 Å². The summed E-state index contributed by atoms with van der Waals surface area (Å²) in [6.07, 6.45) is 2.19. The van der Waals surface area contributed by atoms with Crippen LogP contribution in [-0.4, -0.2) is 39.0 Å². The molecule has 4 amide bonds. The van der Waals surface area contributed by atoms with Gasteiger partial charge < -0.3 is 5.11 Å². The Morgan fingerprint density at radius 2 is 1.70 bits per heavy atom. The number of anilines is 1. The van der Waals surface area contributed by atoms with Gasteiger partial charge in [-0.3, -0.25) is 24.4 Å². The first-order valence-corrected chi connectivity index (χ1v) is 12.3. The molecule has 2 N–H and O–H groups in total. The molecule has 4 aliphatic rings. The van der Waals surface area contributed by atoms with Crippen molar-refractivity contribution in [2.24, 2.45) is 29.1 Å². The fourth-order valence-corrected chi connectivity index (χ4v) is 7.09. The second-order valence-corrected chi connectivity index (χ2v) is 10.7. The normalized spacial score (nSPS) is 32.9. The van der Waals surface area contributed by atoms with E-state index in [1.165, 1.54) is 24.3 Å². The number of halogens is 2. The summed E-state index contributed by atoms with van der Waals surface area (Å²) < 4.78 is 13.9. The first-order chi connectivity index (χ1) is 17.6. The lowest BCUT2D eigenvalue weighted by Crippen LogP contribution is -2.48. The molecule has 2 aliphatic heterocycles. The highest BCUT2D eigenvalue weighted by Crippen LogP contribution is 2.63. The van der Waals surface area contributed by atoms with Gasteiger partial charge in [0, 0.05) is 5.92 Å². The Labute approximate surface area is 215 Å². The quantitative estimate of drug-likeness (QED) is 0.351. The smallest absolute Gasteiger partial charge is 0.257 e. The van der Waals surface area contributed by atoms with E-state index < -0.39 is 64.5 Å². The average molecular weight is 525 g/mol. The molecule has 2 aromatic carbocycles. The van der Waals surface area contributed by atoms with Crippen molar-refractivity contribution in [2.45, 2.75) is 25.7 Å². The summed E-state index contributed by atoms with van der Waals surface area (Å²) in [4.78, 5) is 54.5. The largest absolute Gasteiger partial charge is 0.508 e. The molecule has 8 nitrogen and oxygen atoms in total. The van der Waals surface area contributed by atoms with Gasteiger partial charge in [0.25, 0.3) is 11.8 Å². The van der Waals surface area contributed by atoms with E-state index in [1.807, 2.05) is 6.08 Å². The van der Waals surface area contributed by atoms with Gasteiger partial charge in [0.15, 0.2) is 0 Å². The second kappa shape index (κ2) is 7.97. The summed E-state index contributed by atoms with van der Waals surface area (Å²) in [6, 6.07) is 9.96. The summed E-state index contributed by atoms with van der Waals surface area (Å²) in [6.45, 7) is 1.71. The minimum absolute atomic E-state index is 0.0272. The number of hydrogen-bond donors (Lipinski definition) is 2. The Hall–Kier alpha value is -3.56. The zero-order valence-corrected chi connectivity index (χ0v) is 20.4. The number of phenolic OH excluding ortho intramolecular Hbond substituents is 1. The number of rotatable bonds is 2. The van der Waals surface area contributed by atoms with Gasteiger partial charge in [0.2, 0.25) is 11.8 Å². The molecule has 6 atom stereocenters. The molecule has 6 rings (SSSR count). The van der Waals surface area contributed by atoms with Crippen LogP contribution < -0.4 is 4.90 Å². The van der Waals surface area contributed by atoms with E-state index in [2.05, 4.69) is 0 Å². The number of carbonyl (C=O) groups is 4. The van der Waals surface area contributed by atoms with Crippen molar-refractivity contribution >= 4 is 40.9 Å². The van der Waals surface area contributed by atoms with Gasteiger partial charge in [-0.05, 0) is 61.6 Å². The molecule has 6 unspecified atom stereocenters. The molecule has 2 aliphatic carbocycles. The maximum atomic E-state index is 14.1. The fourth-order valence-electron chi connectivity index (χ4n) is 6.92. The molecule has 0 radical (unpaired) electrons. The van der Waals surface area contributed by atoms with E-state index in [0.29, 0.717) is 5.56 Å². The summed E-state index contributed by atoms with van der Waals surface area (Å²) in [7, 11) is 0. The lowest BCUT2D eigenvalue weighted by molar-refractivity contribution is -0.173. The Kier molecular flexibility index (Phi) is 5.13. The Balaban J connectivity index is 1.53. The van der Waals surface area contributed by atoms with Crippen LogP contribution in [0.5, 0.6) is 5.75 Å². The molecule has 2 saturated heterocycles. The number of imide groups is 2. The van der Waals surface area contributed by atoms with Crippen LogP contribution in [0.1, 0.15) is 31.2 Å². The molecule has 2 heterocycles. The summed E-state index contributed by atoms with van der Waals surface area (Å²) in [5.41, 5.74) is 0.291. The summed E-state index contributed by atoms with van der Waals surface area (Å²) in [5, 5.41) is 19.9. The highest BCUT2D eigenvalue weighted by Gasteiger charge is 2.67. The molecular weight excluding hydrogens is 503 g/mol. The topological polar surface area (TPSA) is 115 Å². The maximum absolute atomic E-state index is 14.1. The summed E-state index contributed by atoms with van der Waals surface area (Å²) in [5.74, 6) is -6.68. The van der Waals surface area contributed by atoms with Gasteiger partial charge in [-0.15, -0.1) is 0 Å². The van der Waals surface area contributed by atoms with Crippen LogP contribution in [0.25, 0.3) is 0 Å². The highest BCUT2D eigenvalue weighted by atomic mass is 35.5. The summed E-state index contributed by atoms with van der Waals surface area (Å²) >= 11 is 5.96. The van der Waals surface area contributed by atoms with Crippen molar-refractivity contribution < 1.29 is 33.9 Å². The Morgan fingerprint density at radius 1 is 1.00 bits per heavy atom. The average Bonchev–Trinajstić information content (AvgIpc) is 3.21. The van der Waals surface area contributed by atoms with E-state index in [4.69, 9.17) is 11.6 Å². The number of hydroxylamine groups is 2. The van der Waals surface area contributed by atoms with Gasteiger partial charge >= 0.3 is 0 Å². The third kappa shape index (κ3) is 3.10. The van der Waals surface area contributed by atoms with Crippen molar-refractivity contribution in [1.29, 1.82) is 0 Å². The van der Waals surface area contributed by atoms with Gasteiger partial charge in [-0.2, -0.15) is 5.06 Å². The van der Waals surface area contributed by atoms with Crippen molar-refractivity contribution in [3.05, 3.63) is 70.5 Å². The van der Waals surface area contributed by atoms with Crippen molar-refractivity contribution in [3.8, 4) is 5.75 Å². The zero-order chi connectivity index (χ0) is 26.4. The van der Waals surface area contributed by atoms with Crippen LogP contribution in [0.3, 0.4) is 0 Å². The van der Waals surface area contributed by atoms with E-state index in [0.717, 1.165) is 16.5 Å². The fraction of sp³-hybridized carbons (Fsp3) is 0.333. The number of benzene rings is 2. The predicted molar refractivity (Wildman–Crippen MR) is 128 cm³/mol. The molecule has 0 bridgehead atoms. The van der Waals surface area contributed by atoms with Gasteiger partial charge in [-0.25, -0.2) is 9.29 Å². The van der Waals surface area contributed by atoms with Gasteiger partial charge in [-0.1, -0.05) is 35.4 Å². The first-order valence-electron chi connectivity index (χ1n) is 11.9. The third-order valence-corrected chi connectivity index (χ3v) is 8.93. The molecular formula is C27H22ClFN2O6. The van der Waals surface area contributed by atoms with Crippen LogP contribution in [0, 0.1) is 34.9 Å². The molecule has 3 fully saturated rings. The molecule has 0 aromatic heterocycles. The number of nitrogens with zero attached hydrogens (tertiary/aromatic N) is 2. The van der Waals surface area contributed by atoms with E-state index in [9.17, 15) is 33.9 Å². The number of carbonyl (C=O) groups excluding carboxylic acids is 4. The minimum atomic E-state index is -1.27. The lowest BCUT2D eigenvalue weighted by atomic mass is 9.51. The van der Waals surface area contributed by atoms with Crippen molar-refractivity contribution in [3.63, 3.8) is 0 Å². The van der Waals surface area contributed by atoms with E-state index >= 15 is 0 Å². The number of phenols is 1. The molecule has 0 spiro atoms. The zero-order valence-electron chi connectivity index (χ0n) is 19.6. The number of allylic oxidation sites excluding steroid dienone is 2. The Bertz CT molecular complexity index is 1420. The number of hydrogen-bond acceptors (Lipinski definition) is 6. The first kappa shape index (κ1) is 23.8. The molecule has 190 valence electrons. The number of fused-ring (bicyclic) bond motifs is 4. The Morgan fingerprint density at radius 3 is 2.38 bits per heavy atom. The number of aromatic hydroxyl groups is 1. The monoisotopic (exact) mass is 524 g/mol. The maximum Gasteiger partial charge on any atom is 0.257 e. The number of amides is 4. The lowest BCUT2D eigenvalue weighted by Gasteiger charge is -2.49. The van der Waals surface area contributed by atoms with Crippen LogP contribution >= 0.6 is 11.6 Å². The van der Waals surface area contributed by atoms with Crippen LogP contribution in [0.15, 0.2) is 54.1 Å². The molecule has 10 heteroatoms. The van der Waals surface area contributed by atoms with Crippen LogP contribution in [-0.2, 0) is 19.2 Å². The highest BCUT2D eigenvalue weighted by molar-refractivity contribution is 6.31. The standard InChI is InChI=1S/C27H22ClFN2O6/c1-27-18(24(34)30(26(27)36)13-4-9-20(29)19(28)10-13)11-17-15(22(27)12-2-5-14(32)6-3-12)7-8-16-21(17)25(35)31(37)23(16)33/h2-7,9-10,16-18,21-22,32,37H,8,11H2,1H3. The third-order valence-electron chi connectivity index (χ3n) is 8.64. The van der Waals surface area contributed by atoms with Crippen LogP contribution in [0.4, 0.5) is 10.1 Å². The van der Waals surface area contributed by atoms with Crippen LogP contribution in [0.2, 0.25) is 5.02 Å². The predicted octanol–water partition coefficient (Wildman–Crippen LogP) is 3.80. The molecule has 37 heavy (non-hydrogen) atoms. The SMILES string of the molecule is CC12C(=O)N(c3ccc(F)c(Cl)c3)C(=O)C1CC1C(=CCC3C(=O)N(O)C(=O)C31)C2c1ccc(O)cc1. The van der Waals surface area contributed by atoms with Crippen molar-refractivity contribution in [1.82, 2.24) is 5.06 Å². The minimum Gasteiger partial charge on any atom is -0.508 e. The van der Waals surface area contributed by atoms with E-state index in [-0.39, 0.29) is 34.4 Å².